The van der Waals surface area contributed by atoms with Crippen LogP contribution < -0.4 is 5.09 Å². The maximum atomic E-state index is 12.7. The molecule has 0 aliphatic heterocycles. The topological polar surface area (TPSA) is 47.6 Å². The zero-order chi connectivity index (χ0) is 15.2. The average Bonchev–Trinajstić information content (AvgIpc) is 2.26. The molecule has 20 heavy (non-hydrogen) atoms. The first-order chi connectivity index (χ1) is 9.31. The van der Waals surface area contributed by atoms with Crippen molar-refractivity contribution < 1.29 is 13.6 Å². The van der Waals surface area contributed by atoms with Crippen molar-refractivity contribution in [3.05, 3.63) is 35.9 Å². The first-order valence-electron chi connectivity index (χ1n) is 7.09. The zero-order valence-corrected chi connectivity index (χ0v) is 13.9. The van der Waals surface area contributed by atoms with Gasteiger partial charge in [0.2, 0.25) is 0 Å². The number of nitrogens with one attached hydrogen (secondary N) is 1. The van der Waals surface area contributed by atoms with Gasteiger partial charge in [-0.3, -0.25) is 9.05 Å². The van der Waals surface area contributed by atoms with Gasteiger partial charge in [-0.2, -0.15) is 0 Å². The molecule has 0 aliphatic rings. The van der Waals surface area contributed by atoms with Crippen molar-refractivity contribution in [2.75, 3.05) is 0 Å². The first kappa shape index (κ1) is 17.4. The minimum atomic E-state index is -3.27. The highest BCUT2D eigenvalue weighted by molar-refractivity contribution is 7.51. The molecule has 1 aromatic carbocycles. The summed E-state index contributed by atoms with van der Waals surface area (Å²) in [5, 5.41) is 3.02. The van der Waals surface area contributed by atoms with Gasteiger partial charge in [0.1, 0.15) is 0 Å². The van der Waals surface area contributed by atoms with Crippen molar-refractivity contribution in [1.29, 1.82) is 0 Å². The lowest BCUT2D eigenvalue weighted by atomic mass is 10.1. The van der Waals surface area contributed by atoms with Crippen LogP contribution in [0.2, 0.25) is 0 Å². The molecule has 1 N–H and O–H groups in total. The Balaban J connectivity index is 2.66. The van der Waals surface area contributed by atoms with Crippen LogP contribution in [0.4, 0.5) is 0 Å². The molecule has 0 radical (unpaired) electrons. The highest BCUT2D eigenvalue weighted by atomic mass is 31.2. The maximum absolute atomic E-state index is 12.7. The molecule has 5 heteroatoms. The van der Waals surface area contributed by atoms with Crippen molar-refractivity contribution in [3.63, 3.8) is 0 Å². The van der Waals surface area contributed by atoms with Crippen molar-refractivity contribution in [2.45, 2.75) is 59.3 Å². The van der Waals surface area contributed by atoms with Crippen LogP contribution in [0.25, 0.3) is 0 Å². The highest BCUT2D eigenvalue weighted by Gasteiger charge is 2.29. The number of hydrogen-bond acceptors (Lipinski definition) is 3. The van der Waals surface area contributed by atoms with Gasteiger partial charge in [-0.25, -0.2) is 9.65 Å². The number of benzene rings is 1. The second kappa shape index (κ2) is 7.94. The molecule has 0 unspecified atom stereocenters. The van der Waals surface area contributed by atoms with E-state index in [0.29, 0.717) is 0 Å². The molecule has 0 bridgehead atoms. The fourth-order valence-electron chi connectivity index (χ4n) is 1.92. The van der Waals surface area contributed by atoms with Gasteiger partial charge >= 0.3 is 7.75 Å². The van der Waals surface area contributed by atoms with Gasteiger partial charge < -0.3 is 0 Å². The van der Waals surface area contributed by atoms with E-state index < -0.39 is 7.75 Å². The quantitative estimate of drug-likeness (QED) is 0.732. The molecular weight excluding hydrogens is 273 g/mol. The van der Waals surface area contributed by atoms with Gasteiger partial charge in [-0.05, 0) is 46.6 Å². The third-order valence-corrected chi connectivity index (χ3v) is 4.62. The molecule has 0 spiro atoms. The Morgan fingerprint density at radius 1 is 1.00 bits per heavy atom. The number of rotatable bonds is 8. The third kappa shape index (κ3) is 6.67. The van der Waals surface area contributed by atoms with Crippen LogP contribution in [0.3, 0.4) is 0 Å². The van der Waals surface area contributed by atoms with E-state index in [1.807, 2.05) is 52.8 Å². The molecule has 4 nitrogen and oxygen atoms in total. The molecule has 0 aliphatic carbocycles. The van der Waals surface area contributed by atoms with Crippen LogP contribution in [-0.4, -0.2) is 18.2 Å². The monoisotopic (exact) mass is 299 g/mol. The molecule has 1 rings (SSSR count). The van der Waals surface area contributed by atoms with Crippen LogP contribution in [0.15, 0.2) is 30.3 Å². The number of hydrogen-bond donors (Lipinski definition) is 1. The Kier molecular flexibility index (Phi) is 6.90. The van der Waals surface area contributed by atoms with E-state index in [-0.39, 0.29) is 18.2 Å². The zero-order valence-electron chi connectivity index (χ0n) is 13.0. The van der Waals surface area contributed by atoms with Crippen LogP contribution in [0, 0.1) is 0 Å². The van der Waals surface area contributed by atoms with E-state index in [4.69, 9.17) is 9.05 Å². The summed E-state index contributed by atoms with van der Waals surface area (Å²) in [6, 6.07) is 10.1. The maximum Gasteiger partial charge on any atom is 0.406 e. The Morgan fingerprint density at radius 2 is 1.50 bits per heavy atom. The third-order valence-electron chi connectivity index (χ3n) is 2.46. The average molecular weight is 299 g/mol. The van der Waals surface area contributed by atoms with E-state index in [1.165, 1.54) is 5.56 Å². The Bertz CT molecular complexity index is 420. The lowest BCUT2D eigenvalue weighted by molar-refractivity contribution is 0.133. The summed E-state index contributed by atoms with van der Waals surface area (Å²) in [6.07, 6.45) is 0.459. The fourth-order valence-corrected chi connectivity index (χ4v) is 3.84. The predicted molar refractivity (Wildman–Crippen MR) is 82.8 cm³/mol. The fraction of sp³-hybridized carbons (Fsp3) is 0.600. The van der Waals surface area contributed by atoms with Gasteiger partial charge in [-0.1, -0.05) is 30.3 Å². The predicted octanol–water partition coefficient (Wildman–Crippen LogP) is 4.17. The first-order valence-corrected chi connectivity index (χ1v) is 8.63. The van der Waals surface area contributed by atoms with E-state index in [0.717, 1.165) is 6.42 Å². The van der Waals surface area contributed by atoms with Gasteiger partial charge in [0, 0.05) is 6.04 Å². The van der Waals surface area contributed by atoms with E-state index >= 15 is 0 Å². The molecular formula is C15H26NO3P. The normalized spacial score (nSPS) is 13.9. The molecule has 1 atom stereocenters. The lowest BCUT2D eigenvalue weighted by Gasteiger charge is -2.26. The van der Waals surface area contributed by atoms with Crippen molar-refractivity contribution in [3.8, 4) is 0 Å². The van der Waals surface area contributed by atoms with Gasteiger partial charge in [0.15, 0.2) is 0 Å². The van der Waals surface area contributed by atoms with Crippen LogP contribution in [0.1, 0.15) is 40.2 Å². The second-order valence-electron chi connectivity index (χ2n) is 5.53. The van der Waals surface area contributed by atoms with Crippen molar-refractivity contribution in [1.82, 2.24) is 5.09 Å². The molecule has 0 amide bonds. The SMILES string of the molecule is CC(C)OP(=O)(N[C@H](C)Cc1ccccc1)OC(C)C. The molecule has 0 heterocycles. The molecule has 0 saturated heterocycles. The van der Waals surface area contributed by atoms with Crippen molar-refractivity contribution in [2.24, 2.45) is 0 Å². The minimum absolute atomic E-state index is 0.000679. The van der Waals surface area contributed by atoms with Gasteiger partial charge in [0.25, 0.3) is 0 Å². The Hall–Kier alpha value is -0.670. The van der Waals surface area contributed by atoms with Crippen LogP contribution in [0.5, 0.6) is 0 Å². The van der Waals surface area contributed by atoms with Crippen molar-refractivity contribution >= 4 is 7.75 Å². The molecule has 1 aromatic rings. The van der Waals surface area contributed by atoms with Gasteiger partial charge in [-0.15, -0.1) is 0 Å². The standard InChI is InChI=1S/C15H26NO3P/c1-12(2)18-20(17,19-13(3)4)16-14(5)11-15-9-7-6-8-10-15/h6-10,12-14H,11H2,1-5H3,(H,16,17)/t14-/m1/s1. The summed E-state index contributed by atoms with van der Waals surface area (Å²) in [7, 11) is -3.27. The summed E-state index contributed by atoms with van der Waals surface area (Å²) in [4.78, 5) is 0. The lowest BCUT2D eigenvalue weighted by Crippen LogP contribution is -2.29. The molecule has 0 aromatic heterocycles. The van der Waals surface area contributed by atoms with Gasteiger partial charge in [0.05, 0.1) is 12.2 Å². The van der Waals surface area contributed by atoms with E-state index in [2.05, 4.69) is 17.2 Å². The second-order valence-corrected chi connectivity index (χ2v) is 7.20. The largest absolute Gasteiger partial charge is 0.406 e. The van der Waals surface area contributed by atoms with Crippen LogP contribution >= 0.6 is 7.75 Å². The highest BCUT2D eigenvalue weighted by Crippen LogP contribution is 2.46. The molecule has 0 fully saturated rings. The summed E-state index contributed by atoms with van der Waals surface area (Å²) in [5.74, 6) is 0. The smallest absolute Gasteiger partial charge is 0.294 e. The van der Waals surface area contributed by atoms with E-state index in [9.17, 15) is 4.57 Å². The van der Waals surface area contributed by atoms with Crippen LogP contribution in [-0.2, 0) is 20.0 Å². The summed E-state index contributed by atoms with van der Waals surface area (Å²) < 4.78 is 23.6. The van der Waals surface area contributed by atoms with E-state index in [1.54, 1.807) is 0 Å². The summed E-state index contributed by atoms with van der Waals surface area (Å²) in [5.41, 5.74) is 1.19. The molecule has 0 saturated carbocycles. The minimum Gasteiger partial charge on any atom is -0.294 e. The summed E-state index contributed by atoms with van der Waals surface area (Å²) >= 11 is 0. The Labute approximate surface area is 122 Å². The molecule has 114 valence electrons. The summed E-state index contributed by atoms with van der Waals surface area (Å²) in [6.45, 7) is 9.37. The Morgan fingerprint density at radius 3 is 1.95 bits per heavy atom.